The van der Waals surface area contributed by atoms with E-state index in [1.54, 1.807) is 25.5 Å². The van der Waals surface area contributed by atoms with Crippen molar-refractivity contribution < 1.29 is 13.9 Å². The van der Waals surface area contributed by atoms with Crippen molar-refractivity contribution in [2.45, 2.75) is 39.7 Å². The summed E-state index contributed by atoms with van der Waals surface area (Å²) in [4.78, 5) is 15.8. The molecule has 0 saturated carbocycles. The van der Waals surface area contributed by atoms with Gasteiger partial charge >= 0.3 is 6.09 Å². The van der Waals surface area contributed by atoms with E-state index >= 15 is 0 Å². The number of benzene rings is 1. The number of rotatable bonds is 4. The summed E-state index contributed by atoms with van der Waals surface area (Å²) in [6, 6.07) is 4.94. The third kappa shape index (κ3) is 4.55. The van der Waals surface area contributed by atoms with Crippen molar-refractivity contribution in [3.63, 3.8) is 0 Å². The Hall–Kier alpha value is -2.37. The van der Waals surface area contributed by atoms with E-state index in [-0.39, 0.29) is 5.82 Å². The number of aromatic nitrogens is 2. The number of hydrogen-bond acceptors (Lipinski definition) is 3. The fraction of sp³-hybridized carbons (Fsp3) is 0.412. The van der Waals surface area contributed by atoms with Gasteiger partial charge in [-0.3, -0.25) is 0 Å². The van der Waals surface area contributed by atoms with Crippen LogP contribution in [0.1, 0.15) is 32.0 Å². The molecule has 6 heteroatoms. The molecule has 0 atom stereocenters. The second-order valence-electron chi connectivity index (χ2n) is 6.32. The molecule has 0 aliphatic carbocycles. The van der Waals surface area contributed by atoms with Gasteiger partial charge in [-0.05, 0) is 39.8 Å². The van der Waals surface area contributed by atoms with Gasteiger partial charge < -0.3 is 14.6 Å². The van der Waals surface area contributed by atoms with E-state index in [4.69, 9.17) is 4.74 Å². The maximum atomic E-state index is 13.7. The number of carbonyl (C=O) groups excluding carboxylic acids is 1. The lowest BCUT2D eigenvalue weighted by Gasteiger charge is -2.19. The van der Waals surface area contributed by atoms with Crippen LogP contribution in [0.15, 0.2) is 30.7 Å². The molecule has 0 unspecified atom stereocenters. The molecule has 2 aromatic rings. The lowest BCUT2D eigenvalue weighted by Crippen LogP contribution is -2.33. The van der Waals surface area contributed by atoms with Crippen LogP contribution in [0.3, 0.4) is 0 Å². The number of halogens is 1. The fourth-order valence-electron chi connectivity index (χ4n) is 2.19. The molecule has 1 aromatic carbocycles. The molecule has 124 valence electrons. The summed E-state index contributed by atoms with van der Waals surface area (Å²) in [7, 11) is 0. The van der Waals surface area contributed by atoms with Crippen molar-refractivity contribution in [3.8, 4) is 5.69 Å². The SMILES string of the molecule is Cc1c(F)cccc1-n1cncc1CCNC(=O)OC(C)(C)C. The van der Waals surface area contributed by atoms with E-state index in [1.807, 2.05) is 31.4 Å². The van der Waals surface area contributed by atoms with E-state index < -0.39 is 11.7 Å². The molecule has 23 heavy (non-hydrogen) atoms. The molecule has 1 aromatic heterocycles. The highest BCUT2D eigenvalue weighted by Crippen LogP contribution is 2.18. The van der Waals surface area contributed by atoms with Gasteiger partial charge in [-0.15, -0.1) is 0 Å². The molecule has 1 N–H and O–H groups in total. The van der Waals surface area contributed by atoms with E-state index in [9.17, 15) is 9.18 Å². The molecule has 1 amide bonds. The number of amides is 1. The molecule has 5 nitrogen and oxygen atoms in total. The minimum Gasteiger partial charge on any atom is -0.444 e. The molecule has 0 aliphatic heterocycles. The normalized spacial score (nSPS) is 11.3. The first-order valence-corrected chi connectivity index (χ1v) is 7.51. The highest BCUT2D eigenvalue weighted by atomic mass is 19.1. The molecule has 0 bridgehead atoms. The minimum absolute atomic E-state index is 0.256. The topological polar surface area (TPSA) is 56.2 Å². The van der Waals surface area contributed by atoms with Crippen LogP contribution >= 0.6 is 0 Å². The van der Waals surface area contributed by atoms with Crippen LogP contribution in [-0.4, -0.2) is 27.8 Å². The predicted molar refractivity (Wildman–Crippen MR) is 86.2 cm³/mol. The van der Waals surface area contributed by atoms with Crippen molar-refractivity contribution >= 4 is 6.09 Å². The van der Waals surface area contributed by atoms with Crippen molar-refractivity contribution in [2.75, 3.05) is 6.54 Å². The summed E-state index contributed by atoms with van der Waals surface area (Å²) in [6.07, 6.45) is 3.46. The quantitative estimate of drug-likeness (QED) is 0.940. The first-order chi connectivity index (χ1) is 10.8. The van der Waals surface area contributed by atoms with E-state index in [1.165, 1.54) is 6.07 Å². The molecule has 2 rings (SSSR count). The monoisotopic (exact) mass is 319 g/mol. The maximum Gasteiger partial charge on any atom is 0.407 e. The Kier molecular flexibility index (Phi) is 5.03. The largest absolute Gasteiger partial charge is 0.444 e. The zero-order valence-corrected chi connectivity index (χ0v) is 13.9. The molecular formula is C17H22FN3O2. The third-order valence-electron chi connectivity index (χ3n) is 3.26. The van der Waals surface area contributed by atoms with Crippen molar-refractivity contribution in [2.24, 2.45) is 0 Å². The molecule has 0 radical (unpaired) electrons. The zero-order chi connectivity index (χ0) is 17.0. The molecular weight excluding hydrogens is 297 g/mol. The Morgan fingerprint density at radius 2 is 2.13 bits per heavy atom. The van der Waals surface area contributed by atoms with Crippen molar-refractivity contribution in [1.82, 2.24) is 14.9 Å². The summed E-state index contributed by atoms with van der Waals surface area (Å²) in [5, 5.41) is 2.71. The summed E-state index contributed by atoms with van der Waals surface area (Å²) < 4.78 is 20.7. The zero-order valence-electron chi connectivity index (χ0n) is 13.9. The van der Waals surface area contributed by atoms with Crippen molar-refractivity contribution in [3.05, 3.63) is 47.8 Å². The highest BCUT2D eigenvalue weighted by Gasteiger charge is 2.16. The second kappa shape index (κ2) is 6.81. The first kappa shape index (κ1) is 17.0. The van der Waals surface area contributed by atoms with Crippen LogP contribution in [0.4, 0.5) is 9.18 Å². The van der Waals surface area contributed by atoms with E-state index in [0.717, 1.165) is 11.4 Å². The number of carbonyl (C=O) groups is 1. The van der Waals surface area contributed by atoms with Crippen LogP contribution in [0, 0.1) is 12.7 Å². The van der Waals surface area contributed by atoms with E-state index in [0.29, 0.717) is 18.5 Å². The Morgan fingerprint density at radius 1 is 1.39 bits per heavy atom. The lowest BCUT2D eigenvalue weighted by molar-refractivity contribution is 0.0528. The average Bonchev–Trinajstić information content (AvgIpc) is 2.88. The van der Waals surface area contributed by atoms with Gasteiger partial charge in [0.05, 0.1) is 12.0 Å². The van der Waals surface area contributed by atoms with Gasteiger partial charge in [-0.1, -0.05) is 6.07 Å². The number of nitrogens with one attached hydrogen (secondary N) is 1. The number of ether oxygens (including phenoxy) is 1. The number of imidazole rings is 1. The van der Waals surface area contributed by atoms with Crippen LogP contribution in [0.2, 0.25) is 0 Å². The fourth-order valence-corrected chi connectivity index (χ4v) is 2.19. The first-order valence-electron chi connectivity index (χ1n) is 7.51. The summed E-state index contributed by atoms with van der Waals surface area (Å²) >= 11 is 0. The average molecular weight is 319 g/mol. The van der Waals surface area contributed by atoms with Gasteiger partial charge in [-0.2, -0.15) is 0 Å². The Bertz CT molecular complexity index is 689. The Balaban J connectivity index is 2.02. The minimum atomic E-state index is -0.523. The van der Waals surface area contributed by atoms with Crippen LogP contribution in [0.5, 0.6) is 0 Å². The predicted octanol–water partition coefficient (Wildman–Crippen LogP) is 3.39. The molecule has 0 fully saturated rings. The van der Waals surface area contributed by atoms with Crippen molar-refractivity contribution in [1.29, 1.82) is 0 Å². The lowest BCUT2D eigenvalue weighted by atomic mass is 10.2. The summed E-state index contributed by atoms with van der Waals surface area (Å²) in [5.41, 5.74) is 1.67. The number of hydrogen-bond donors (Lipinski definition) is 1. The van der Waals surface area contributed by atoms with Gasteiger partial charge in [0.15, 0.2) is 0 Å². The molecule has 0 saturated heterocycles. The van der Waals surface area contributed by atoms with Gasteiger partial charge in [0.2, 0.25) is 0 Å². The third-order valence-corrected chi connectivity index (χ3v) is 3.26. The smallest absolute Gasteiger partial charge is 0.407 e. The second-order valence-corrected chi connectivity index (χ2v) is 6.32. The molecule has 0 aliphatic rings. The summed E-state index contributed by atoms with van der Waals surface area (Å²) in [6.45, 7) is 7.58. The standard InChI is InChI=1S/C17H22FN3O2/c1-12-14(18)6-5-7-15(12)21-11-19-10-13(21)8-9-20-16(22)23-17(2,3)4/h5-7,10-11H,8-9H2,1-4H3,(H,20,22). The summed E-state index contributed by atoms with van der Waals surface area (Å²) in [5.74, 6) is -0.256. The Labute approximate surface area is 135 Å². The highest BCUT2D eigenvalue weighted by molar-refractivity contribution is 5.67. The van der Waals surface area contributed by atoms with Gasteiger partial charge in [-0.25, -0.2) is 14.2 Å². The Morgan fingerprint density at radius 3 is 2.83 bits per heavy atom. The molecule has 1 heterocycles. The van der Waals surface area contributed by atoms with E-state index in [2.05, 4.69) is 10.3 Å². The van der Waals surface area contributed by atoms with Crippen LogP contribution in [-0.2, 0) is 11.2 Å². The molecule has 0 spiro atoms. The maximum absolute atomic E-state index is 13.7. The van der Waals surface area contributed by atoms with Gasteiger partial charge in [0.1, 0.15) is 11.4 Å². The van der Waals surface area contributed by atoms with Crippen LogP contribution in [0.25, 0.3) is 5.69 Å². The number of alkyl carbamates (subject to hydrolysis) is 1. The number of nitrogens with zero attached hydrogens (tertiary/aromatic N) is 2. The van der Waals surface area contributed by atoms with Crippen LogP contribution < -0.4 is 5.32 Å². The van der Waals surface area contributed by atoms with Gasteiger partial charge in [0, 0.05) is 30.4 Å². The van der Waals surface area contributed by atoms with Gasteiger partial charge in [0.25, 0.3) is 0 Å².